The van der Waals surface area contributed by atoms with E-state index >= 15 is 4.39 Å². The summed E-state index contributed by atoms with van der Waals surface area (Å²) in [6, 6.07) is 6.06. The highest BCUT2D eigenvalue weighted by atomic mass is 35.5. The highest BCUT2D eigenvalue weighted by Gasteiger charge is 2.32. The van der Waals surface area contributed by atoms with Crippen LogP contribution in [0.25, 0.3) is 0 Å². The quantitative estimate of drug-likeness (QED) is 0.171. The Hall–Kier alpha value is -4.09. The molecular weight excluding hydrogens is 703 g/mol. The lowest BCUT2D eigenvalue weighted by molar-refractivity contribution is 0.0476. The van der Waals surface area contributed by atoms with Crippen LogP contribution in [0.4, 0.5) is 24.8 Å². The van der Waals surface area contributed by atoms with E-state index in [9.17, 15) is 18.0 Å². The average Bonchev–Trinajstić information content (AvgIpc) is 3.54. The second-order valence-electron chi connectivity index (χ2n) is 12.1. The normalized spacial score (nSPS) is 12.9. The van der Waals surface area contributed by atoms with Gasteiger partial charge in [0, 0.05) is 47.7 Å². The number of benzene rings is 2. The van der Waals surface area contributed by atoms with Gasteiger partial charge in [0.1, 0.15) is 34.1 Å². The van der Waals surface area contributed by atoms with Crippen molar-refractivity contribution in [2.75, 3.05) is 37.0 Å². The second kappa shape index (κ2) is 17.0. The molecule has 0 aliphatic rings. The zero-order chi connectivity index (χ0) is 36.5. The Morgan fingerprint density at radius 3 is 2.37 bits per heavy atom. The first-order valence-electron chi connectivity index (χ1n) is 15.1. The van der Waals surface area contributed by atoms with Crippen molar-refractivity contribution in [3.05, 3.63) is 53.1 Å². The zero-order valence-corrected chi connectivity index (χ0v) is 30.9. The van der Waals surface area contributed by atoms with Gasteiger partial charge in [-0.15, -0.1) is 0 Å². The first kappa shape index (κ1) is 39.3. The maximum atomic E-state index is 15.8. The van der Waals surface area contributed by atoms with E-state index in [-0.39, 0.29) is 41.6 Å². The van der Waals surface area contributed by atoms with Gasteiger partial charge in [-0.3, -0.25) is 0 Å². The molecular formula is C31H42ClFN6O8S2. The van der Waals surface area contributed by atoms with Gasteiger partial charge in [-0.05, 0) is 65.8 Å². The molecule has 1 heterocycles. The number of carbonyl (C=O) groups excluding carboxylic acids is 2. The molecule has 2 aromatic carbocycles. The number of methoxy groups -OCH3 is 2. The van der Waals surface area contributed by atoms with Crippen molar-refractivity contribution in [2.24, 2.45) is 5.92 Å². The lowest BCUT2D eigenvalue weighted by atomic mass is 10.0. The van der Waals surface area contributed by atoms with Gasteiger partial charge in [0.2, 0.25) is 5.13 Å². The average molecular weight is 745 g/mol. The molecule has 3 rings (SSSR count). The third-order valence-corrected chi connectivity index (χ3v) is 9.67. The van der Waals surface area contributed by atoms with Crippen molar-refractivity contribution in [1.82, 2.24) is 20.0 Å². The van der Waals surface area contributed by atoms with Crippen LogP contribution in [0.15, 0.2) is 41.6 Å². The molecule has 0 fully saturated rings. The molecule has 2 unspecified atom stereocenters. The smallest absolute Gasteiger partial charge is 0.407 e. The first-order chi connectivity index (χ1) is 22.9. The standard InChI is InChI=1S/C31H42ClFN6O8S2/c1-18(2)37-29(40)46-16-21(19(3)38-30(41)47-31(4,5)6)14-34-25-13-24(33)27(12-23(25)32)49(42,43)39(28-35-17-36-48-28)15-20-9-10-22(44-7)11-26(20)45-8/h9-13,17-19,21,34H,14-16H2,1-8H3,(H,37,40)(H,38,41). The van der Waals surface area contributed by atoms with Gasteiger partial charge in [-0.25, -0.2) is 31.7 Å². The predicted molar refractivity (Wildman–Crippen MR) is 185 cm³/mol. The second-order valence-corrected chi connectivity index (χ2v) is 15.1. The Morgan fingerprint density at radius 1 is 1.06 bits per heavy atom. The summed E-state index contributed by atoms with van der Waals surface area (Å²) in [7, 11) is -1.68. The molecule has 270 valence electrons. The van der Waals surface area contributed by atoms with Gasteiger partial charge in [-0.2, -0.15) is 4.37 Å². The molecule has 0 spiro atoms. The summed E-state index contributed by atoms with van der Waals surface area (Å²) in [6.45, 7) is 10.0. The van der Waals surface area contributed by atoms with Crippen molar-refractivity contribution in [3.63, 3.8) is 0 Å². The maximum absolute atomic E-state index is 15.8. The fraction of sp³-hybridized carbons (Fsp3) is 0.484. The molecule has 0 aliphatic carbocycles. The molecule has 0 saturated heterocycles. The van der Waals surface area contributed by atoms with Gasteiger partial charge in [0.25, 0.3) is 10.0 Å². The summed E-state index contributed by atoms with van der Waals surface area (Å²) in [6.07, 6.45) is -0.145. The number of sulfonamides is 1. The predicted octanol–water partition coefficient (Wildman–Crippen LogP) is 5.82. The third kappa shape index (κ3) is 11.2. The fourth-order valence-corrected chi connectivity index (χ4v) is 6.84. The SMILES string of the molecule is COc1ccc(CN(c2ncns2)S(=O)(=O)c2cc(Cl)c(NCC(COC(=O)NC(C)C)C(C)NC(=O)OC(C)(C)C)cc2F)c(OC)c1. The van der Waals surface area contributed by atoms with Crippen molar-refractivity contribution >= 4 is 56.2 Å². The summed E-state index contributed by atoms with van der Waals surface area (Å²) in [5.41, 5.74) is -0.222. The molecule has 14 nitrogen and oxygen atoms in total. The van der Waals surface area contributed by atoms with E-state index in [4.69, 9.17) is 30.5 Å². The van der Waals surface area contributed by atoms with Gasteiger partial charge in [0.15, 0.2) is 0 Å². The third-order valence-electron chi connectivity index (χ3n) is 6.80. The number of amides is 2. The van der Waals surface area contributed by atoms with Gasteiger partial charge >= 0.3 is 12.2 Å². The molecule has 0 saturated carbocycles. The number of alkyl carbamates (subject to hydrolysis) is 2. The number of anilines is 2. The van der Waals surface area contributed by atoms with E-state index in [1.165, 1.54) is 20.5 Å². The van der Waals surface area contributed by atoms with Crippen LogP contribution in [0.2, 0.25) is 5.02 Å². The largest absolute Gasteiger partial charge is 0.497 e. The van der Waals surface area contributed by atoms with E-state index in [0.29, 0.717) is 17.1 Å². The van der Waals surface area contributed by atoms with Crippen molar-refractivity contribution in [2.45, 2.75) is 70.7 Å². The molecule has 3 aromatic rings. The highest BCUT2D eigenvalue weighted by Crippen LogP contribution is 2.35. The Labute approximate surface area is 294 Å². The van der Waals surface area contributed by atoms with Crippen LogP contribution in [0.1, 0.15) is 47.1 Å². The van der Waals surface area contributed by atoms with E-state index < -0.39 is 50.5 Å². The van der Waals surface area contributed by atoms with E-state index in [0.717, 1.165) is 28.0 Å². The minimum Gasteiger partial charge on any atom is -0.497 e. The number of rotatable bonds is 15. The summed E-state index contributed by atoms with van der Waals surface area (Å²) in [5.74, 6) is -0.806. The molecule has 49 heavy (non-hydrogen) atoms. The molecule has 3 N–H and O–H groups in total. The monoisotopic (exact) mass is 744 g/mol. The number of carbonyl (C=O) groups is 2. The zero-order valence-electron chi connectivity index (χ0n) is 28.5. The lowest BCUT2D eigenvalue weighted by Gasteiger charge is -2.27. The lowest BCUT2D eigenvalue weighted by Crippen LogP contribution is -2.45. The minimum atomic E-state index is -4.59. The topological polar surface area (TPSA) is 170 Å². The van der Waals surface area contributed by atoms with E-state index in [1.807, 2.05) is 0 Å². The number of hydrogen-bond acceptors (Lipinski definition) is 12. The van der Waals surface area contributed by atoms with Crippen LogP contribution in [-0.2, 0) is 26.0 Å². The van der Waals surface area contributed by atoms with Crippen LogP contribution >= 0.6 is 23.1 Å². The molecule has 2 amide bonds. The van der Waals surface area contributed by atoms with Crippen molar-refractivity contribution in [3.8, 4) is 11.5 Å². The summed E-state index contributed by atoms with van der Waals surface area (Å²) < 4.78 is 70.0. The van der Waals surface area contributed by atoms with Crippen molar-refractivity contribution < 1.29 is 41.3 Å². The Bertz CT molecular complexity index is 1690. The number of aromatic nitrogens is 2. The number of nitrogens with one attached hydrogen (secondary N) is 3. The number of nitrogens with zero attached hydrogens (tertiary/aromatic N) is 3. The fourth-order valence-electron chi connectivity index (χ4n) is 4.34. The molecule has 1 aromatic heterocycles. The molecule has 18 heteroatoms. The van der Waals surface area contributed by atoms with Gasteiger partial charge < -0.3 is 34.9 Å². The van der Waals surface area contributed by atoms with Gasteiger partial charge in [-0.1, -0.05) is 11.6 Å². The van der Waals surface area contributed by atoms with E-state index in [2.05, 4.69) is 25.3 Å². The minimum absolute atomic E-state index is 0.00795. The highest BCUT2D eigenvalue weighted by molar-refractivity contribution is 7.93. The van der Waals surface area contributed by atoms with Crippen LogP contribution in [0.3, 0.4) is 0 Å². The number of hydrogen-bond donors (Lipinski definition) is 3. The Balaban J connectivity index is 1.88. The Morgan fingerprint density at radius 2 is 1.78 bits per heavy atom. The Kier molecular flexibility index (Phi) is 13.7. The van der Waals surface area contributed by atoms with Crippen LogP contribution in [0, 0.1) is 11.7 Å². The maximum Gasteiger partial charge on any atom is 0.407 e. The molecule has 0 radical (unpaired) electrons. The van der Waals surface area contributed by atoms with Crippen LogP contribution < -0.4 is 29.7 Å². The van der Waals surface area contributed by atoms with E-state index in [1.54, 1.807) is 59.7 Å². The first-order valence-corrected chi connectivity index (χ1v) is 17.7. The van der Waals surface area contributed by atoms with Crippen LogP contribution in [-0.4, -0.2) is 75.0 Å². The summed E-state index contributed by atoms with van der Waals surface area (Å²) in [5, 5.41) is 8.22. The van der Waals surface area contributed by atoms with Gasteiger partial charge in [0.05, 0.1) is 38.1 Å². The summed E-state index contributed by atoms with van der Waals surface area (Å²) in [4.78, 5) is 28.0. The molecule has 0 aliphatic heterocycles. The summed E-state index contributed by atoms with van der Waals surface area (Å²) >= 11 is 7.34. The number of ether oxygens (including phenoxy) is 4. The number of halogens is 2. The van der Waals surface area contributed by atoms with Crippen LogP contribution in [0.5, 0.6) is 11.5 Å². The van der Waals surface area contributed by atoms with Crippen molar-refractivity contribution in [1.29, 1.82) is 0 Å². The molecule has 2 atom stereocenters. The molecule has 0 bridgehead atoms.